The van der Waals surface area contributed by atoms with E-state index in [0.717, 1.165) is 18.4 Å². The monoisotopic (exact) mass is 374 g/mol. The van der Waals surface area contributed by atoms with Crippen LogP contribution >= 0.6 is 0 Å². The van der Waals surface area contributed by atoms with Gasteiger partial charge in [0, 0.05) is 26.2 Å². The van der Waals surface area contributed by atoms with Crippen LogP contribution in [0.2, 0.25) is 0 Å². The highest BCUT2D eigenvalue weighted by Gasteiger charge is 2.29. The van der Waals surface area contributed by atoms with Crippen molar-refractivity contribution < 1.29 is 14.0 Å². The summed E-state index contributed by atoms with van der Waals surface area (Å²) in [6.45, 7) is 2.07. The first-order chi connectivity index (χ1) is 13.1. The van der Waals surface area contributed by atoms with Crippen LogP contribution in [0.5, 0.6) is 0 Å². The Bertz CT molecular complexity index is 809. The molecule has 0 spiro atoms. The molecule has 27 heavy (non-hydrogen) atoms. The van der Waals surface area contributed by atoms with Crippen LogP contribution in [0.25, 0.3) is 0 Å². The van der Waals surface area contributed by atoms with Crippen molar-refractivity contribution in [3.63, 3.8) is 0 Å². The van der Waals surface area contributed by atoms with E-state index in [4.69, 9.17) is 5.73 Å². The summed E-state index contributed by atoms with van der Waals surface area (Å²) in [6.07, 6.45) is 3.04. The average molecular weight is 374 g/mol. The molecular weight excluding hydrogens is 351 g/mol. The quantitative estimate of drug-likeness (QED) is 0.761. The van der Waals surface area contributed by atoms with Crippen LogP contribution in [0.4, 0.5) is 4.39 Å². The molecule has 3 N–H and O–H groups in total. The van der Waals surface area contributed by atoms with Crippen molar-refractivity contribution in [2.45, 2.75) is 19.4 Å². The molecule has 2 heterocycles. The summed E-state index contributed by atoms with van der Waals surface area (Å²) in [5.74, 6) is -0.891. The first kappa shape index (κ1) is 19.0. The van der Waals surface area contributed by atoms with E-state index in [1.54, 1.807) is 23.2 Å². The highest BCUT2D eigenvalue weighted by molar-refractivity contribution is 5.92. The number of hydrogen-bond donors (Lipinski definition) is 2. The number of rotatable bonds is 6. The van der Waals surface area contributed by atoms with Crippen molar-refractivity contribution in [2.24, 2.45) is 11.7 Å². The Balaban J connectivity index is 1.62. The van der Waals surface area contributed by atoms with Crippen molar-refractivity contribution in [1.29, 1.82) is 0 Å². The smallest absolute Gasteiger partial charge is 0.276 e. The molecule has 1 aromatic carbocycles. The Labute approximate surface area is 156 Å². The summed E-state index contributed by atoms with van der Waals surface area (Å²) >= 11 is 0. The predicted octanol–water partition coefficient (Wildman–Crippen LogP) is 0.393. The highest BCUT2D eigenvalue weighted by Crippen LogP contribution is 2.18. The Hall–Kier alpha value is -2.81. The zero-order valence-electron chi connectivity index (χ0n) is 15.0. The summed E-state index contributed by atoms with van der Waals surface area (Å²) in [6, 6.07) is 6.19. The fourth-order valence-electron chi connectivity index (χ4n) is 3.17. The minimum atomic E-state index is -0.323. The standard InChI is InChI=1S/C18H23FN6O2/c19-15-5-1-3-13(9-15)10-25-12-16(22-23-25)18(27)24-8-2-4-14(11-24)17(26)21-7-6-20/h1,3,5,9,12,14H,2,4,6-8,10-11,20H2,(H,21,26). The second-order valence-electron chi connectivity index (χ2n) is 6.60. The normalized spacial score (nSPS) is 17.0. The van der Waals surface area contributed by atoms with E-state index in [9.17, 15) is 14.0 Å². The minimum Gasteiger partial charge on any atom is -0.355 e. The number of hydrogen-bond acceptors (Lipinski definition) is 5. The van der Waals surface area contributed by atoms with Gasteiger partial charge in [0.1, 0.15) is 5.82 Å². The van der Waals surface area contributed by atoms with Gasteiger partial charge in [-0.1, -0.05) is 17.3 Å². The summed E-state index contributed by atoms with van der Waals surface area (Å²) in [5.41, 5.74) is 6.35. The maximum Gasteiger partial charge on any atom is 0.276 e. The van der Waals surface area contributed by atoms with E-state index in [2.05, 4.69) is 15.6 Å². The number of carbonyl (C=O) groups is 2. The van der Waals surface area contributed by atoms with Crippen LogP contribution in [0.3, 0.4) is 0 Å². The van der Waals surface area contributed by atoms with Crippen molar-refractivity contribution >= 4 is 11.8 Å². The summed E-state index contributed by atoms with van der Waals surface area (Å²) in [7, 11) is 0. The van der Waals surface area contributed by atoms with Crippen LogP contribution in [-0.2, 0) is 11.3 Å². The molecule has 1 aromatic heterocycles. The third-order valence-electron chi connectivity index (χ3n) is 4.51. The number of nitrogens with zero attached hydrogens (tertiary/aromatic N) is 4. The lowest BCUT2D eigenvalue weighted by molar-refractivity contribution is -0.126. The third kappa shape index (κ3) is 4.88. The number of piperidine rings is 1. The molecule has 1 aliphatic rings. The number of carbonyl (C=O) groups excluding carboxylic acids is 2. The van der Waals surface area contributed by atoms with Gasteiger partial charge in [-0.05, 0) is 30.5 Å². The lowest BCUT2D eigenvalue weighted by Crippen LogP contribution is -2.46. The van der Waals surface area contributed by atoms with Gasteiger partial charge >= 0.3 is 0 Å². The second kappa shape index (κ2) is 8.72. The minimum absolute atomic E-state index is 0.0762. The number of nitrogens with two attached hydrogens (primary N) is 1. The molecule has 1 aliphatic heterocycles. The molecule has 3 rings (SSSR count). The lowest BCUT2D eigenvalue weighted by Gasteiger charge is -2.31. The van der Waals surface area contributed by atoms with Crippen LogP contribution in [0.1, 0.15) is 28.9 Å². The zero-order valence-corrected chi connectivity index (χ0v) is 15.0. The third-order valence-corrected chi connectivity index (χ3v) is 4.51. The van der Waals surface area contributed by atoms with E-state index in [1.165, 1.54) is 16.8 Å². The van der Waals surface area contributed by atoms with Gasteiger partial charge in [0.25, 0.3) is 5.91 Å². The number of benzene rings is 1. The van der Waals surface area contributed by atoms with E-state index in [1.807, 2.05) is 0 Å². The van der Waals surface area contributed by atoms with Crippen LogP contribution in [0, 0.1) is 11.7 Å². The number of amides is 2. The maximum atomic E-state index is 13.3. The first-order valence-corrected chi connectivity index (χ1v) is 8.98. The molecule has 2 amide bonds. The molecule has 1 atom stereocenters. The van der Waals surface area contributed by atoms with Gasteiger partial charge in [-0.3, -0.25) is 9.59 Å². The van der Waals surface area contributed by atoms with Crippen LogP contribution < -0.4 is 11.1 Å². The molecule has 8 nitrogen and oxygen atoms in total. The van der Waals surface area contributed by atoms with Gasteiger partial charge in [0.05, 0.1) is 18.7 Å². The Morgan fingerprint density at radius 2 is 2.22 bits per heavy atom. The summed E-state index contributed by atoms with van der Waals surface area (Å²) in [5, 5.41) is 10.7. The molecule has 9 heteroatoms. The van der Waals surface area contributed by atoms with Crippen LogP contribution in [-0.4, -0.2) is 57.9 Å². The molecule has 1 unspecified atom stereocenters. The summed E-state index contributed by atoms with van der Waals surface area (Å²) in [4.78, 5) is 26.5. The zero-order chi connectivity index (χ0) is 19.2. The Kier molecular flexibility index (Phi) is 6.12. The predicted molar refractivity (Wildman–Crippen MR) is 96.2 cm³/mol. The number of likely N-dealkylation sites (tertiary alicyclic amines) is 1. The highest BCUT2D eigenvalue weighted by atomic mass is 19.1. The first-order valence-electron chi connectivity index (χ1n) is 8.98. The molecule has 0 bridgehead atoms. The van der Waals surface area contributed by atoms with E-state index < -0.39 is 0 Å². The van der Waals surface area contributed by atoms with Gasteiger partial charge in [0.2, 0.25) is 5.91 Å². The second-order valence-corrected chi connectivity index (χ2v) is 6.60. The molecule has 0 radical (unpaired) electrons. The number of halogens is 1. The van der Waals surface area contributed by atoms with Gasteiger partial charge < -0.3 is 16.0 Å². The van der Waals surface area contributed by atoms with Crippen molar-refractivity contribution in [3.05, 3.63) is 47.5 Å². The maximum absolute atomic E-state index is 13.3. The molecule has 0 saturated carbocycles. The molecule has 1 saturated heterocycles. The van der Waals surface area contributed by atoms with E-state index >= 15 is 0 Å². The van der Waals surface area contributed by atoms with Gasteiger partial charge in [0.15, 0.2) is 5.69 Å². The van der Waals surface area contributed by atoms with Crippen molar-refractivity contribution in [3.8, 4) is 0 Å². The van der Waals surface area contributed by atoms with Crippen LogP contribution in [0.15, 0.2) is 30.5 Å². The summed E-state index contributed by atoms with van der Waals surface area (Å²) < 4.78 is 14.8. The molecule has 0 aliphatic carbocycles. The van der Waals surface area contributed by atoms with Crippen molar-refractivity contribution in [1.82, 2.24) is 25.2 Å². The SMILES string of the molecule is NCCNC(=O)C1CCCN(C(=O)c2cn(Cc3cccc(F)c3)nn2)C1. The molecule has 144 valence electrons. The van der Waals surface area contributed by atoms with E-state index in [0.29, 0.717) is 32.7 Å². The number of aromatic nitrogens is 3. The fraction of sp³-hybridized carbons (Fsp3) is 0.444. The Morgan fingerprint density at radius 1 is 1.37 bits per heavy atom. The Morgan fingerprint density at radius 3 is 3.00 bits per heavy atom. The van der Waals surface area contributed by atoms with Gasteiger partial charge in [-0.25, -0.2) is 9.07 Å². The number of nitrogens with one attached hydrogen (secondary N) is 1. The molecule has 1 fully saturated rings. The largest absolute Gasteiger partial charge is 0.355 e. The van der Waals surface area contributed by atoms with Crippen molar-refractivity contribution in [2.75, 3.05) is 26.2 Å². The average Bonchev–Trinajstić information content (AvgIpc) is 3.14. The fourth-order valence-corrected chi connectivity index (χ4v) is 3.17. The topological polar surface area (TPSA) is 106 Å². The van der Waals surface area contributed by atoms with Gasteiger partial charge in [-0.2, -0.15) is 0 Å². The van der Waals surface area contributed by atoms with Gasteiger partial charge in [-0.15, -0.1) is 5.10 Å². The molecular formula is C18H23FN6O2. The lowest BCUT2D eigenvalue weighted by atomic mass is 9.97. The molecule has 2 aromatic rings. The van der Waals surface area contributed by atoms with E-state index in [-0.39, 0.29) is 29.2 Å².